The van der Waals surface area contributed by atoms with Crippen molar-refractivity contribution >= 4 is 35.0 Å². The van der Waals surface area contributed by atoms with Crippen molar-refractivity contribution in [2.45, 2.75) is 37.3 Å². The van der Waals surface area contributed by atoms with E-state index in [2.05, 4.69) is 12.0 Å². The number of rotatable bonds is 10. The van der Waals surface area contributed by atoms with Gasteiger partial charge in [-0.05, 0) is 49.2 Å². The molecule has 1 saturated heterocycles. The Morgan fingerprint density at radius 2 is 2.00 bits per heavy atom. The van der Waals surface area contributed by atoms with E-state index in [0.29, 0.717) is 45.8 Å². The summed E-state index contributed by atoms with van der Waals surface area (Å²) in [5.41, 5.74) is 3.06. The summed E-state index contributed by atoms with van der Waals surface area (Å²) in [6.07, 6.45) is 3.76. The average Bonchev–Trinajstić information content (AvgIpc) is 3.49. The molecule has 1 amide bonds. The van der Waals surface area contributed by atoms with E-state index >= 15 is 0 Å². The fraction of sp³-hybridized carbons (Fsp3) is 0.385. The lowest BCUT2D eigenvalue weighted by atomic mass is 9.84. The molecule has 35 heavy (non-hydrogen) atoms. The summed E-state index contributed by atoms with van der Waals surface area (Å²) in [5.74, 6) is 0.734. The maximum atomic E-state index is 13.8. The van der Waals surface area contributed by atoms with Gasteiger partial charge in [-0.1, -0.05) is 35.3 Å². The average molecular weight is 518 g/mol. The summed E-state index contributed by atoms with van der Waals surface area (Å²) in [6, 6.07) is 12.4. The molecule has 2 aromatic carbocycles. The van der Waals surface area contributed by atoms with Crippen molar-refractivity contribution in [1.29, 1.82) is 0 Å². The molecule has 0 spiro atoms. The van der Waals surface area contributed by atoms with Crippen molar-refractivity contribution < 1.29 is 19.4 Å². The van der Waals surface area contributed by atoms with Crippen molar-refractivity contribution in [3.05, 3.63) is 76.3 Å². The number of hydrogen-bond donors (Lipinski definition) is 2. The van der Waals surface area contributed by atoms with Crippen molar-refractivity contribution in [2.75, 3.05) is 26.3 Å². The van der Waals surface area contributed by atoms with E-state index in [1.165, 1.54) is 0 Å². The van der Waals surface area contributed by atoms with Crippen LogP contribution in [0, 0.1) is 0 Å². The zero-order valence-corrected chi connectivity index (χ0v) is 20.9. The molecule has 0 aromatic heterocycles. The second kappa shape index (κ2) is 11.4. The molecule has 0 unspecified atom stereocenters. The van der Waals surface area contributed by atoms with Crippen LogP contribution in [0.5, 0.6) is 5.75 Å². The highest BCUT2D eigenvalue weighted by Crippen LogP contribution is 2.45. The summed E-state index contributed by atoms with van der Waals surface area (Å²) >= 11 is 12.7. The smallest absolute Gasteiger partial charge is 0.266 e. The molecule has 2 atom stereocenters. The maximum Gasteiger partial charge on any atom is 0.266 e. The summed E-state index contributed by atoms with van der Waals surface area (Å²) in [7, 11) is 0. The Kier molecular flexibility index (Phi) is 8.34. The van der Waals surface area contributed by atoms with Crippen molar-refractivity contribution in [3.8, 4) is 5.75 Å². The van der Waals surface area contributed by atoms with E-state index in [1.807, 2.05) is 17.1 Å². The first-order valence-corrected chi connectivity index (χ1v) is 12.4. The van der Waals surface area contributed by atoms with Crippen LogP contribution in [0.25, 0.3) is 0 Å². The van der Waals surface area contributed by atoms with Crippen LogP contribution in [0.1, 0.15) is 42.9 Å². The Morgan fingerprint density at radius 3 is 2.66 bits per heavy atom. The number of aliphatic hydroxyl groups is 1. The molecule has 2 heterocycles. The SMILES string of the molecule is C=CC[C@]1(C(=O)NN2CCCC2)N=C(c2ccc(OCCCO)cc2)O[C@H]1c1ccc(Cl)cc1Cl. The molecule has 2 aliphatic rings. The first-order chi connectivity index (χ1) is 17.0. The van der Waals surface area contributed by atoms with Crippen molar-refractivity contribution in [2.24, 2.45) is 4.99 Å². The fourth-order valence-electron chi connectivity index (χ4n) is 4.30. The van der Waals surface area contributed by atoms with E-state index in [-0.39, 0.29) is 18.9 Å². The molecular formula is C26H29Cl2N3O4. The molecule has 0 aliphatic carbocycles. The zero-order chi connectivity index (χ0) is 24.8. The van der Waals surface area contributed by atoms with Crippen molar-refractivity contribution in [3.63, 3.8) is 0 Å². The van der Waals surface area contributed by atoms with Gasteiger partial charge >= 0.3 is 0 Å². The molecule has 1 fully saturated rings. The molecule has 2 aromatic rings. The van der Waals surface area contributed by atoms with Crippen LogP contribution in [-0.4, -0.2) is 53.8 Å². The van der Waals surface area contributed by atoms with E-state index in [0.717, 1.165) is 25.9 Å². The Balaban J connectivity index is 1.70. The standard InChI is InChI=1S/C26H29Cl2N3O4/c1-2-12-26(25(33)30-31-13-3-4-14-31)23(21-11-8-19(27)17-22(21)28)35-24(29-26)18-6-9-20(10-7-18)34-16-5-15-32/h2,6-11,17,23,32H,1,3-5,12-16H2,(H,30,33)/t23-,26-/m0/s1. The Hall–Kier alpha value is -2.58. The van der Waals surface area contributed by atoms with E-state index in [9.17, 15) is 4.79 Å². The lowest BCUT2D eigenvalue weighted by Crippen LogP contribution is -2.53. The molecule has 2 N–H and O–H groups in total. The predicted molar refractivity (Wildman–Crippen MR) is 137 cm³/mol. The highest BCUT2D eigenvalue weighted by Gasteiger charge is 2.53. The summed E-state index contributed by atoms with van der Waals surface area (Å²) in [5, 5.41) is 11.7. The summed E-state index contributed by atoms with van der Waals surface area (Å²) < 4.78 is 12.0. The van der Waals surface area contributed by atoms with Crippen LogP contribution in [-0.2, 0) is 9.53 Å². The quantitative estimate of drug-likeness (QED) is 0.352. The highest BCUT2D eigenvalue weighted by molar-refractivity contribution is 6.35. The summed E-state index contributed by atoms with van der Waals surface area (Å²) in [6.45, 7) is 5.96. The Morgan fingerprint density at radius 1 is 1.26 bits per heavy atom. The van der Waals surface area contributed by atoms with Crippen molar-refractivity contribution in [1.82, 2.24) is 10.4 Å². The number of carbonyl (C=O) groups excluding carboxylic acids is 1. The van der Waals surface area contributed by atoms with Gasteiger partial charge < -0.3 is 14.6 Å². The van der Waals surface area contributed by atoms with Crippen LogP contribution in [0.4, 0.5) is 0 Å². The first kappa shape index (κ1) is 25.5. The van der Waals surface area contributed by atoms with Gasteiger partial charge in [0.2, 0.25) is 5.90 Å². The number of halogens is 2. The van der Waals surface area contributed by atoms with Crippen LogP contribution in [0.3, 0.4) is 0 Å². The van der Waals surface area contributed by atoms with Gasteiger partial charge in [0.1, 0.15) is 5.75 Å². The molecule has 9 heteroatoms. The molecule has 186 valence electrons. The van der Waals surface area contributed by atoms with Gasteiger partial charge in [0.05, 0.1) is 6.61 Å². The first-order valence-electron chi connectivity index (χ1n) is 11.7. The molecule has 4 rings (SSSR count). The third kappa shape index (κ3) is 5.64. The van der Waals surface area contributed by atoms with Crippen LogP contribution in [0.2, 0.25) is 10.0 Å². The number of aliphatic hydroxyl groups excluding tert-OH is 1. The number of hydrogen-bond acceptors (Lipinski definition) is 6. The molecule has 0 saturated carbocycles. The van der Waals surface area contributed by atoms with E-state index < -0.39 is 11.6 Å². The van der Waals surface area contributed by atoms with Gasteiger partial charge in [-0.2, -0.15) is 0 Å². The third-order valence-corrected chi connectivity index (χ3v) is 6.66. The highest BCUT2D eigenvalue weighted by atomic mass is 35.5. The van der Waals surface area contributed by atoms with Gasteiger partial charge in [0.15, 0.2) is 11.6 Å². The van der Waals surface area contributed by atoms with E-state index in [4.69, 9.17) is 42.8 Å². The zero-order valence-electron chi connectivity index (χ0n) is 19.4. The lowest BCUT2D eigenvalue weighted by molar-refractivity contribution is -0.133. The number of hydrazine groups is 1. The normalized spacial score (nSPS) is 21.9. The molecule has 0 radical (unpaired) electrons. The number of aliphatic imine (C=N–C) groups is 1. The van der Waals surface area contributed by atoms with Crippen LogP contribution >= 0.6 is 23.2 Å². The minimum atomic E-state index is -1.30. The Labute approximate surface area is 215 Å². The number of ether oxygens (including phenoxy) is 2. The number of nitrogens with one attached hydrogen (secondary N) is 1. The topological polar surface area (TPSA) is 83.4 Å². The predicted octanol–water partition coefficient (Wildman–Crippen LogP) is 4.71. The van der Waals surface area contributed by atoms with Crippen LogP contribution < -0.4 is 10.2 Å². The van der Waals surface area contributed by atoms with Gasteiger partial charge in [-0.25, -0.2) is 10.0 Å². The van der Waals surface area contributed by atoms with Crippen LogP contribution in [0.15, 0.2) is 60.1 Å². The molecule has 7 nitrogen and oxygen atoms in total. The lowest BCUT2D eigenvalue weighted by Gasteiger charge is -2.32. The molecule has 0 bridgehead atoms. The van der Waals surface area contributed by atoms with Gasteiger partial charge in [-0.15, -0.1) is 6.58 Å². The minimum Gasteiger partial charge on any atom is -0.494 e. The second-order valence-corrected chi connectivity index (χ2v) is 9.43. The molecular weight excluding hydrogens is 489 g/mol. The number of amides is 1. The largest absolute Gasteiger partial charge is 0.494 e. The number of carbonyl (C=O) groups is 1. The fourth-order valence-corrected chi connectivity index (χ4v) is 4.80. The van der Waals surface area contributed by atoms with Gasteiger partial charge in [0, 0.05) is 53.7 Å². The number of benzene rings is 2. The second-order valence-electron chi connectivity index (χ2n) is 8.58. The van der Waals surface area contributed by atoms with Gasteiger partial charge in [-0.3, -0.25) is 10.2 Å². The third-order valence-electron chi connectivity index (χ3n) is 6.10. The van der Waals surface area contributed by atoms with Gasteiger partial charge in [0.25, 0.3) is 5.91 Å². The van der Waals surface area contributed by atoms with E-state index in [1.54, 1.807) is 36.4 Å². The number of nitrogens with zero attached hydrogens (tertiary/aromatic N) is 2. The summed E-state index contributed by atoms with van der Waals surface area (Å²) in [4.78, 5) is 18.6. The Bertz CT molecular complexity index is 1090. The molecule has 2 aliphatic heterocycles. The minimum absolute atomic E-state index is 0.0717. The monoisotopic (exact) mass is 517 g/mol. The maximum absolute atomic E-state index is 13.8.